The molecule has 1 aromatic rings. The number of amides is 1. The molecule has 17 heavy (non-hydrogen) atoms. The van der Waals surface area contributed by atoms with Crippen LogP contribution in [0.15, 0.2) is 23.1 Å². The lowest BCUT2D eigenvalue weighted by Gasteiger charge is -2.08. The highest BCUT2D eigenvalue weighted by Gasteiger charge is 2.23. The van der Waals surface area contributed by atoms with Gasteiger partial charge in [0, 0.05) is 13.0 Å². The first kappa shape index (κ1) is 12.1. The Balaban J connectivity index is 2.25. The summed E-state index contributed by atoms with van der Waals surface area (Å²) < 4.78 is 22.4. The summed E-state index contributed by atoms with van der Waals surface area (Å²) in [5, 5.41) is 7.90. The Morgan fingerprint density at radius 1 is 1.35 bits per heavy atom. The molecule has 0 radical (unpaired) electrons. The maximum Gasteiger partial charge on any atom is 0.238 e. The van der Waals surface area contributed by atoms with E-state index in [0.29, 0.717) is 6.42 Å². The fourth-order valence-electron chi connectivity index (χ4n) is 2.16. The lowest BCUT2D eigenvalue weighted by atomic mass is 10.1. The SMILES string of the molecule is CC(=O)N[C@H]1Cc2ccc(S(N)(=O)=O)cc2C1. The molecule has 1 aromatic carbocycles. The fourth-order valence-corrected chi connectivity index (χ4v) is 2.73. The normalized spacial score (nSPS) is 18.8. The summed E-state index contributed by atoms with van der Waals surface area (Å²) in [6.07, 6.45) is 1.39. The molecular weight excluding hydrogens is 240 g/mol. The van der Waals surface area contributed by atoms with Crippen LogP contribution in [0.4, 0.5) is 0 Å². The van der Waals surface area contributed by atoms with Crippen LogP contribution in [0.1, 0.15) is 18.1 Å². The van der Waals surface area contributed by atoms with Crippen LogP contribution in [0.2, 0.25) is 0 Å². The van der Waals surface area contributed by atoms with Crippen molar-refractivity contribution < 1.29 is 13.2 Å². The molecule has 0 fully saturated rings. The van der Waals surface area contributed by atoms with E-state index in [4.69, 9.17) is 5.14 Å². The molecule has 1 aliphatic carbocycles. The molecule has 5 nitrogen and oxygen atoms in total. The number of nitrogens with two attached hydrogens (primary N) is 1. The van der Waals surface area contributed by atoms with Gasteiger partial charge in [-0.15, -0.1) is 0 Å². The number of hydrogen-bond acceptors (Lipinski definition) is 3. The van der Waals surface area contributed by atoms with Crippen LogP contribution in [0.5, 0.6) is 0 Å². The fraction of sp³-hybridized carbons (Fsp3) is 0.364. The summed E-state index contributed by atoms with van der Waals surface area (Å²) >= 11 is 0. The number of nitrogens with one attached hydrogen (secondary N) is 1. The molecule has 0 spiro atoms. The second kappa shape index (κ2) is 4.12. The van der Waals surface area contributed by atoms with E-state index in [1.807, 2.05) is 0 Å². The summed E-state index contributed by atoms with van der Waals surface area (Å²) in [6, 6.07) is 4.91. The maximum atomic E-state index is 11.2. The lowest BCUT2D eigenvalue weighted by Crippen LogP contribution is -2.33. The van der Waals surface area contributed by atoms with Gasteiger partial charge in [-0.1, -0.05) is 6.07 Å². The predicted molar refractivity (Wildman–Crippen MR) is 62.8 cm³/mol. The third kappa shape index (κ3) is 2.65. The Hall–Kier alpha value is -1.40. The van der Waals surface area contributed by atoms with Crippen molar-refractivity contribution in [3.63, 3.8) is 0 Å². The number of carbonyl (C=O) groups is 1. The van der Waals surface area contributed by atoms with Crippen molar-refractivity contribution in [2.75, 3.05) is 0 Å². The first-order chi connectivity index (χ1) is 7.86. The second-order valence-electron chi connectivity index (χ2n) is 4.28. The van der Waals surface area contributed by atoms with Crippen molar-refractivity contribution in [2.45, 2.75) is 30.7 Å². The van der Waals surface area contributed by atoms with Crippen LogP contribution in [0.3, 0.4) is 0 Å². The molecule has 0 aliphatic heterocycles. The van der Waals surface area contributed by atoms with Gasteiger partial charge in [-0.3, -0.25) is 4.79 Å². The van der Waals surface area contributed by atoms with Gasteiger partial charge in [-0.2, -0.15) is 0 Å². The summed E-state index contributed by atoms with van der Waals surface area (Å²) in [4.78, 5) is 11.1. The molecule has 1 amide bonds. The van der Waals surface area contributed by atoms with Gasteiger partial charge in [-0.05, 0) is 36.1 Å². The van der Waals surface area contributed by atoms with Crippen LogP contribution >= 0.6 is 0 Å². The molecule has 92 valence electrons. The van der Waals surface area contributed by atoms with Crippen LogP contribution in [0, 0.1) is 0 Å². The highest BCUT2D eigenvalue weighted by Crippen LogP contribution is 2.24. The second-order valence-corrected chi connectivity index (χ2v) is 5.84. The smallest absolute Gasteiger partial charge is 0.238 e. The molecule has 1 aliphatic rings. The Kier molecular flexibility index (Phi) is 2.92. The zero-order chi connectivity index (χ0) is 12.6. The molecular formula is C11H14N2O3S. The molecule has 0 aromatic heterocycles. The van der Waals surface area contributed by atoms with Gasteiger partial charge in [0.05, 0.1) is 4.90 Å². The average Bonchev–Trinajstić information content (AvgIpc) is 2.55. The van der Waals surface area contributed by atoms with E-state index < -0.39 is 10.0 Å². The first-order valence-corrected chi connectivity index (χ1v) is 6.82. The number of hydrogen-bond donors (Lipinski definition) is 2. The summed E-state index contributed by atoms with van der Waals surface area (Å²) in [6.45, 7) is 1.47. The number of primary sulfonamides is 1. The first-order valence-electron chi connectivity index (χ1n) is 5.28. The molecule has 0 saturated heterocycles. The highest BCUT2D eigenvalue weighted by molar-refractivity contribution is 7.89. The van der Waals surface area contributed by atoms with E-state index in [1.54, 1.807) is 12.1 Å². The van der Waals surface area contributed by atoms with Crippen LogP contribution in [-0.2, 0) is 27.7 Å². The van der Waals surface area contributed by atoms with Crippen molar-refractivity contribution >= 4 is 15.9 Å². The van der Waals surface area contributed by atoms with Crippen molar-refractivity contribution in [2.24, 2.45) is 5.14 Å². The van der Waals surface area contributed by atoms with E-state index in [0.717, 1.165) is 17.5 Å². The van der Waals surface area contributed by atoms with E-state index in [2.05, 4.69) is 5.32 Å². The van der Waals surface area contributed by atoms with E-state index in [1.165, 1.54) is 13.0 Å². The average molecular weight is 254 g/mol. The predicted octanol–water partition coefficient (Wildman–Crippen LogP) is -0.0627. The summed E-state index contributed by atoms with van der Waals surface area (Å²) in [7, 11) is -3.65. The molecule has 1 atom stereocenters. The molecule has 3 N–H and O–H groups in total. The number of carbonyl (C=O) groups excluding carboxylic acids is 1. The van der Waals surface area contributed by atoms with Gasteiger partial charge < -0.3 is 5.32 Å². The third-order valence-electron chi connectivity index (χ3n) is 2.85. The largest absolute Gasteiger partial charge is 0.353 e. The Bertz CT molecular complexity index is 566. The van der Waals surface area contributed by atoms with Crippen LogP contribution < -0.4 is 10.5 Å². The zero-order valence-corrected chi connectivity index (χ0v) is 10.3. The van der Waals surface area contributed by atoms with Gasteiger partial charge in [0.25, 0.3) is 0 Å². The van der Waals surface area contributed by atoms with Crippen molar-refractivity contribution in [3.05, 3.63) is 29.3 Å². The van der Waals surface area contributed by atoms with E-state index in [-0.39, 0.29) is 16.8 Å². The minimum Gasteiger partial charge on any atom is -0.353 e. The topological polar surface area (TPSA) is 89.3 Å². The van der Waals surface area contributed by atoms with E-state index in [9.17, 15) is 13.2 Å². The maximum absolute atomic E-state index is 11.2. The summed E-state index contributed by atoms with van der Waals surface area (Å²) in [5.74, 6) is -0.0746. The quantitative estimate of drug-likeness (QED) is 0.774. The van der Waals surface area contributed by atoms with E-state index >= 15 is 0 Å². The number of fused-ring (bicyclic) bond motifs is 1. The lowest BCUT2D eigenvalue weighted by molar-refractivity contribution is -0.119. The van der Waals surface area contributed by atoms with Gasteiger partial charge in [0.2, 0.25) is 15.9 Å². The minimum absolute atomic E-state index is 0.0539. The molecule has 0 bridgehead atoms. The van der Waals surface area contributed by atoms with Crippen LogP contribution in [-0.4, -0.2) is 20.4 Å². The van der Waals surface area contributed by atoms with Crippen molar-refractivity contribution in [1.82, 2.24) is 5.32 Å². The van der Waals surface area contributed by atoms with Gasteiger partial charge in [0.15, 0.2) is 0 Å². The Labute approximate surface area is 100 Å². The van der Waals surface area contributed by atoms with Crippen molar-refractivity contribution in [3.8, 4) is 0 Å². The van der Waals surface area contributed by atoms with Gasteiger partial charge in [0.1, 0.15) is 0 Å². The molecule has 0 saturated carbocycles. The summed E-state index contributed by atoms with van der Waals surface area (Å²) in [5.41, 5.74) is 2.01. The molecule has 0 unspecified atom stereocenters. The number of sulfonamides is 1. The van der Waals surface area contributed by atoms with Crippen LogP contribution in [0.25, 0.3) is 0 Å². The third-order valence-corrected chi connectivity index (χ3v) is 3.76. The molecule has 2 rings (SSSR count). The standard InChI is InChI=1S/C11H14N2O3S/c1-7(14)13-10-4-8-2-3-11(17(12,15)16)6-9(8)5-10/h2-3,6,10H,4-5H2,1H3,(H,13,14)(H2,12,15,16)/t10-/m0/s1. The Morgan fingerprint density at radius 2 is 2.00 bits per heavy atom. The minimum atomic E-state index is -3.65. The van der Waals surface area contributed by atoms with Gasteiger partial charge >= 0.3 is 0 Å². The van der Waals surface area contributed by atoms with Crippen molar-refractivity contribution in [1.29, 1.82) is 0 Å². The molecule has 0 heterocycles. The number of benzene rings is 1. The Morgan fingerprint density at radius 3 is 2.59 bits per heavy atom. The van der Waals surface area contributed by atoms with Gasteiger partial charge in [-0.25, -0.2) is 13.6 Å². The monoisotopic (exact) mass is 254 g/mol. The molecule has 6 heteroatoms. The highest BCUT2D eigenvalue weighted by atomic mass is 32.2. The number of rotatable bonds is 2. The zero-order valence-electron chi connectivity index (χ0n) is 9.43.